The molecule has 1 saturated heterocycles. The van der Waals surface area contributed by atoms with Gasteiger partial charge in [0.25, 0.3) is 0 Å². The molecule has 1 aliphatic heterocycles. The molecule has 0 saturated carbocycles. The van der Waals surface area contributed by atoms with Crippen molar-refractivity contribution in [1.29, 1.82) is 0 Å². The Hall–Kier alpha value is -1.83. The molecule has 0 bridgehead atoms. The topological polar surface area (TPSA) is 96.4 Å². The average molecular weight is 358 g/mol. The van der Waals surface area contributed by atoms with Gasteiger partial charge in [0, 0.05) is 13.6 Å². The fourth-order valence-electron chi connectivity index (χ4n) is 2.60. The highest BCUT2D eigenvalue weighted by Gasteiger charge is 2.39. The van der Waals surface area contributed by atoms with Crippen molar-refractivity contribution < 1.29 is 29.0 Å². The molecule has 2 atom stereocenters. The third-order valence-electron chi connectivity index (χ3n) is 3.83. The molecule has 1 heterocycles. The number of morpholine rings is 1. The highest BCUT2D eigenvalue weighted by Crippen LogP contribution is 2.19. The van der Waals surface area contributed by atoms with E-state index in [4.69, 9.17) is 9.47 Å². The Morgan fingerprint density at radius 2 is 1.92 bits per heavy atom. The number of aliphatic carboxylic acids is 1. The van der Waals surface area contributed by atoms with E-state index in [1.54, 1.807) is 20.8 Å². The second kappa shape index (κ2) is 8.51. The summed E-state index contributed by atoms with van der Waals surface area (Å²) in [6, 6.07) is -1.82. The quantitative estimate of drug-likeness (QED) is 0.801. The number of nitrogens with zero attached hydrogens (tertiary/aromatic N) is 2. The minimum atomic E-state index is -1.11. The highest BCUT2D eigenvalue weighted by molar-refractivity contribution is 5.89. The summed E-state index contributed by atoms with van der Waals surface area (Å²) in [5.41, 5.74) is -0.681. The van der Waals surface area contributed by atoms with Crippen LogP contribution in [-0.2, 0) is 19.1 Å². The molecule has 2 amide bonds. The zero-order chi connectivity index (χ0) is 19.4. The minimum absolute atomic E-state index is 0.0500. The average Bonchev–Trinajstić information content (AvgIpc) is 2.49. The molecular formula is C17H30N2O6. The summed E-state index contributed by atoms with van der Waals surface area (Å²) in [5, 5.41) is 9.34. The number of carbonyl (C=O) groups is 3. The van der Waals surface area contributed by atoms with Crippen molar-refractivity contribution in [2.24, 2.45) is 5.92 Å². The number of amides is 2. The van der Waals surface area contributed by atoms with Crippen LogP contribution in [0, 0.1) is 5.92 Å². The maximum Gasteiger partial charge on any atom is 0.410 e. The fraction of sp³-hybridized carbons (Fsp3) is 0.824. The summed E-state index contributed by atoms with van der Waals surface area (Å²) in [6.07, 6.45) is -0.190. The predicted octanol–water partition coefficient (Wildman–Crippen LogP) is 1.58. The van der Waals surface area contributed by atoms with Crippen molar-refractivity contribution in [3.8, 4) is 0 Å². The molecule has 1 unspecified atom stereocenters. The van der Waals surface area contributed by atoms with Gasteiger partial charge in [-0.05, 0) is 33.1 Å². The van der Waals surface area contributed by atoms with Crippen LogP contribution < -0.4 is 0 Å². The maximum atomic E-state index is 13.0. The lowest BCUT2D eigenvalue weighted by atomic mass is 10.0. The molecule has 0 spiro atoms. The van der Waals surface area contributed by atoms with Crippen LogP contribution in [0.4, 0.5) is 4.79 Å². The van der Waals surface area contributed by atoms with Crippen LogP contribution in [0.15, 0.2) is 0 Å². The van der Waals surface area contributed by atoms with E-state index in [2.05, 4.69) is 0 Å². The van der Waals surface area contributed by atoms with Crippen LogP contribution >= 0.6 is 0 Å². The Bertz CT molecular complexity index is 500. The fourth-order valence-corrected chi connectivity index (χ4v) is 2.60. The first-order valence-electron chi connectivity index (χ1n) is 8.51. The van der Waals surface area contributed by atoms with Crippen molar-refractivity contribution in [2.45, 2.75) is 58.7 Å². The summed E-state index contributed by atoms with van der Waals surface area (Å²) in [5.74, 6) is -1.36. The molecule has 0 aliphatic carbocycles. The van der Waals surface area contributed by atoms with Gasteiger partial charge in [0.05, 0.1) is 13.2 Å². The Balaban J connectivity index is 3.01. The first-order chi connectivity index (χ1) is 11.4. The number of likely N-dealkylation sites (N-methyl/N-ethyl adjacent to an activating group) is 1. The van der Waals surface area contributed by atoms with Gasteiger partial charge in [0.2, 0.25) is 5.91 Å². The molecular weight excluding hydrogens is 328 g/mol. The Labute approximate surface area is 149 Å². The van der Waals surface area contributed by atoms with E-state index < -0.39 is 35.7 Å². The molecule has 25 heavy (non-hydrogen) atoms. The van der Waals surface area contributed by atoms with Gasteiger partial charge >= 0.3 is 12.1 Å². The highest BCUT2D eigenvalue weighted by atomic mass is 16.6. The van der Waals surface area contributed by atoms with Gasteiger partial charge in [0.1, 0.15) is 11.6 Å². The van der Waals surface area contributed by atoms with Crippen LogP contribution in [0.1, 0.15) is 41.0 Å². The predicted molar refractivity (Wildman–Crippen MR) is 91.2 cm³/mol. The van der Waals surface area contributed by atoms with Gasteiger partial charge < -0.3 is 19.5 Å². The van der Waals surface area contributed by atoms with Crippen LogP contribution in [0.2, 0.25) is 0 Å². The molecule has 144 valence electrons. The number of carboxylic acid groups (broad SMARTS) is 1. The molecule has 1 aliphatic rings. The summed E-state index contributed by atoms with van der Waals surface area (Å²) >= 11 is 0. The number of rotatable bonds is 5. The Morgan fingerprint density at radius 1 is 1.32 bits per heavy atom. The lowest BCUT2D eigenvalue weighted by Gasteiger charge is -2.38. The van der Waals surface area contributed by atoms with Crippen LogP contribution in [-0.4, -0.2) is 77.4 Å². The minimum Gasteiger partial charge on any atom is -0.480 e. The van der Waals surface area contributed by atoms with Gasteiger partial charge in [-0.2, -0.15) is 0 Å². The number of carboxylic acids is 1. The monoisotopic (exact) mass is 358 g/mol. The molecule has 0 aromatic rings. The molecule has 1 N–H and O–H groups in total. The number of carbonyl (C=O) groups excluding carboxylic acids is 2. The van der Waals surface area contributed by atoms with Crippen molar-refractivity contribution in [3.63, 3.8) is 0 Å². The Morgan fingerprint density at radius 3 is 2.40 bits per heavy atom. The largest absolute Gasteiger partial charge is 0.480 e. The van der Waals surface area contributed by atoms with Gasteiger partial charge in [-0.15, -0.1) is 0 Å². The first-order valence-corrected chi connectivity index (χ1v) is 8.51. The van der Waals surface area contributed by atoms with Crippen molar-refractivity contribution in [3.05, 3.63) is 0 Å². The van der Waals surface area contributed by atoms with Crippen LogP contribution in [0.5, 0.6) is 0 Å². The van der Waals surface area contributed by atoms with Crippen molar-refractivity contribution in [1.82, 2.24) is 9.80 Å². The van der Waals surface area contributed by atoms with Gasteiger partial charge in [0.15, 0.2) is 6.04 Å². The van der Waals surface area contributed by atoms with E-state index in [0.29, 0.717) is 6.42 Å². The van der Waals surface area contributed by atoms with Crippen molar-refractivity contribution in [2.75, 3.05) is 26.8 Å². The van der Waals surface area contributed by atoms with Gasteiger partial charge in [-0.25, -0.2) is 9.59 Å². The molecule has 0 aromatic heterocycles. The standard InChI is InChI=1S/C17H30N2O6/c1-11(2)9-12(18(6)16(23)25-17(3,4)5)14(20)19-7-8-24-10-13(19)15(21)22/h11-13H,7-10H2,1-6H3,(H,21,22)/t12-,13?/m1/s1. The van der Waals surface area contributed by atoms with Crippen LogP contribution in [0.25, 0.3) is 0 Å². The second-order valence-corrected chi connectivity index (χ2v) is 7.70. The molecule has 0 radical (unpaired) electrons. The first kappa shape index (κ1) is 21.2. The zero-order valence-corrected chi connectivity index (χ0v) is 15.9. The number of ether oxygens (including phenoxy) is 2. The van der Waals surface area contributed by atoms with Gasteiger partial charge in [-0.3, -0.25) is 9.69 Å². The third kappa shape index (κ3) is 6.19. The van der Waals surface area contributed by atoms with Crippen molar-refractivity contribution >= 4 is 18.0 Å². The molecule has 8 heteroatoms. The van der Waals surface area contributed by atoms with Gasteiger partial charge in [-0.1, -0.05) is 13.8 Å². The number of hydrogen-bond donors (Lipinski definition) is 1. The normalized spacial score (nSPS) is 19.5. The zero-order valence-electron chi connectivity index (χ0n) is 15.9. The summed E-state index contributed by atoms with van der Waals surface area (Å²) < 4.78 is 10.5. The maximum absolute atomic E-state index is 13.0. The molecule has 1 fully saturated rings. The number of hydrogen-bond acceptors (Lipinski definition) is 5. The van der Waals surface area contributed by atoms with E-state index in [1.165, 1.54) is 16.8 Å². The van der Waals surface area contributed by atoms with E-state index in [-0.39, 0.29) is 25.7 Å². The summed E-state index contributed by atoms with van der Waals surface area (Å²) in [7, 11) is 1.51. The van der Waals surface area contributed by atoms with Crippen LogP contribution in [0.3, 0.4) is 0 Å². The summed E-state index contributed by atoms with van der Waals surface area (Å²) in [6.45, 7) is 9.55. The van der Waals surface area contributed by atoms with E-state index in [0.717, 1.165) is 0 Å². The van der Waals surface area contributed by atoms with E-state index in [1.807, 2.05) is 13.8 Å². The van der Waals surface area contributed by atoms with E-state index >= 15 is 0 Å². The smallest absolute Gasteiger partial charge is 0.410 e. The molecule has 8 nitrogen and oxygen atoms in total. The lowest BCUT2D eigenvalue weighted by Crippen LogP contribution is -2.59. The lowest BCUT2D eigenvalue weighted by molar-refractivity contribution is -0.160. The summed E-state index contributed by atoms with van der Waals surface area (Å²) in [4.78, 5) is 39.4. The third-order valence-corrected chi connectivity index (χ3v) is 3.83. The second-order valence-electron chi connectivity index (χ2n) is 7.70. The SMILES string of the molecule is CC(C)C[C@H](C(=O)N1CCOCC1C(=O)O)N(C)C(=O)OC(C)(C)C. The molecule has 1 rings (SSSR count). The molecule has 0 aromatic carbocycles. The van der Waals surface area contributed by atoms with E-state index in [9.17, 15) is 19.5 Å². The Kier molecular flexibility index (Phi) is 7.22.